The van der Waals surface area contributed by atoms with Gasteiger partial charge in [0.1, 0.15) is 0 Å². The maximum absolute atomic E-state index is 10.0. The van der Waals surface area contributed by atoms with Crippen molar-refractivity contribution >= 4 is 6.29 Å². The van der Waals surface area contributed by atoms with E-state index in [-0.39, 0.29) is 7.43 Å². The number of rotatable bonds is 2. The molecule has 0 spiro atoms. The molecule has 10 heavy (non-hydrogen) atoms. The Morgan fingerprint density at radius 3 is 2.80 bits per heavy atom. The molecule has 3 heteroatoms. The van der Waals surface area contributed by atoms with Gasteiger partial charge in [-0.2, -0.15) is 0 Å². The lowest BCUT2D eigenvalue weighted by molar-refractivity contribution is 0.111. The number of nitrogens with one attached hydrogen (secondary N) is 1. The van der Waals surface area contributed by atoms with Crippen LogP contribution in [-0.2, 0) is 6.42 Å². The monoisotopic (exact) mass is 140 g/mol. The smallest absolute Gasteiger partial charge is 0.185 e. The highest BCUT2D eigenvalue weighted by molar-refractivity contribution is 5.68. The minimum absolute atomic E-state index is 0. The average Bonchev–Trinajstić information content (AvgIpc) is 2.34. The highest BCUT2D eigenvalue weighted by atomic mass is 16.1. The molecule has 0 saturated carbocycles. The van der Waals surface area contributed by atoms with E-state index in [2.05, 4.69) is 9.97 Å². The van der Waals surface area contributed by atoms with E-state index < -0.39 is 0 Å². The summed E-state index contributed by atoms with van der Waals surface area (Å²) >= 11 is 0. The summed E-state index contributed by atoms with van der Waals surface area (Å²) in [5.41, 5.74) is 0.997. The molecule has 0 aliphatic rings. The highest BCUT2D eigenvalue weighted by Crippen LogP contribution is 1.93. The lowest BCUT2D eigenvalue weighted by Crippen LogP contribution is -1.82. The van der Waals surface area contributed by atoms with Crippen molar-refractivity contribution in [3.8, 4) is 0 Å². The molecule has 0 bridgehead atoms. The summed E-state index contributed by atoms with van der Waals surface area (Å²) in [6, 6.07) is 0. The molecule has 1 N–H and O–H groups in total. The van der Waals surface area contributed by atoms with Crippen LogP contribution in [0.1, 0.15) is 30.7 Å². The van der Waals surface area contributed by atoms with Crippen LogP contribution in [0.15, 0.2) is 6.20 Å². The van der Waals surface area contributed by atoms with Gasteiger partial charge in [0.15, 0.2) is 12.1 Å². The van der Waals surface area contributed by atoms with Crippen molar-refractivity contribution in [2.45, 2.75) is 20.8 Å². The molecule has 0 unspecified atom stereocenters. The zero-order valence-corrected chi connectivity index (χ0v) is 5.22. The molecule has 1 rings (SSSR count). The van der Waals surface area contributed by atoms with Crippen LogP contribution >= 0.6 is 0 Å². The fourth-order valence-corrected chi connectivity index (χ4v) is 0.616. The predicted molar refractivity (Wildman–Crippen MR) is 40.1 cm³/mol. The third-order valence-corrected chi connectivity index (χ3v) is 1.14. The number of aryl methyl sites for hydroxylation is 1. The molecule has 0 aliphatic heterocycles. The fraction of sp³-hybridized carbons (Fsp3) is 0.429. The molecule has 0 aromatic carbocycles. The van der Waals surface area contributed by atoms with Crippen molar-refractivity contribution in [3.63, 3.8) is 0 Å². The summed E-state index contributed by atoms with van der Waals surface area (Å²) in [4.78, 5) is 16.7. The molecule has 0 saturated heterocycles. The topological polar surface area (TPSA) is 45.8 Å². The van der Waals surface area contributed by atoms with E-state index >= 15 is 0 Å². The van der Waals surface area contributed by atoms with E-state index in [1.165, 1.54) is 0 Å². The third-order valence-electron chi connectivity index (χ3n) is 1.14. The SMILES string of the molecule is C.CCc1cnc(C=O)[nH]1. The number of carbonyl (C=O) groups excluding carboxylic acids is 1. The van der Waals surface area contributed by atoms with Gasteiger partial charge in [0.25, 0.3) is 0 Å². The summed E-state index contributed by atoms with van der Waals surface area (Å²) in [6.45, 7) is 2.00. The largest absolute Gasteiger partial charge is 0.340 e. The van der Waals surface area contributed by atoms with Gasteiger partial charge >= 0.3 is 0 Å². The Kier molecular flexibility index (Phi) is 3.39. The van der Waals surface area contributed by atoms with Crippen molar-refractivity contribution in [2.24, 2.45) is 0 Å². The lowest BCUT2D eigenvalue weighted by atomic mass is 10.4. The van der Waals surface area contributed by atoms with E-state index in [0.29, 0.717) is 12.1 Å². The van der Waals surface area contributed by atoms with Gasteiger partial charge in [-0.3, -0.25) is 4.79 Å². The Balaban J connectivity index is 0.000000810. The molecule has 0 amide bonds. The number of aldehydes is 1. The van der Waals surface area contributed by atoms with Crippen molar-refractivity contribution < 1.29 is 4.79 Å². The van der Waals surface area contributed by atoms with Crippen LogP contribution in [0.2, 0.25) is 0 Å². The summed E-state index contributed by atoms with van der Waals surface area (Å²) < 4.78 is 0. The second kappa shape index (κ2) is 3.82. The molecule has 1 aromatic heterocycles. The molecular formula is C7H12N2O. The van der Waals surface area contributed by atoms with Crippen LogP contribution in [0.3, 0.4) is 0 Å². The quantitative estimate of drug-likeness (QED) is 0.631. The molecule has 0 fully saturated rings. The Hall–Kier alpha value is -1.12. The van der Waals surface area contributed by atoms with Gasteiger partial charge < -0.3 is 4.98 Å². The van der Waals surface area contributed by atoms with E-state index in [1.807, 2.05) is 6.92 Å². The number of aromatic nitrogens is 2. The van der Waals surface area contributed by atoms with Crippen LogP contribution in [0.5, 0.6) is 0 Å². The molecule has 1 heterocycles. The minimum Gasteiger partial charge on any atom is -0.340 e. The summed E-state index contributed by atoms with van der Waals surface area (Å²) in [6.07, 6.45) is 3.27. The summed E-state index contributed by atoms with van der Waals surface area (Å²) in [5.74, 6) is 0.409. The van der Waals surface area contributed by atoms with Crippen molar-refractivity contribution in [2.75, 3.05) is 0 Å². The first-order valence-corrected chi connectivity index (χ1v) is 2.86. The Morgan fingerprint density at radius 2 is 2.50 bits per heavy atom. The van der Waals surface area contributed by atoms with Gasteiger partial charge in [0, 0.05) is 11.9 Å². The Morgan fingerprint density at radius 1 is 1.80 bits per heavy atom. The van der Waals surface area contributed by atoms with Crippen LogP contribution in [0, 0.1) is 0 Å². The normalized spacial score (nSPS) is 8.50. The van der Waals surface area contributed by atoms with E-state index in [1.54, 1.807) is 6.20 Å². The number of hydrogen-bond donors (Lipinski definition) is 1. The zero-order valence-electron chi connectivity index (χ0n) is 5.22. The second-order valence-corrected chi connectivity index (χ2v) is 1.77. The van der Waals surface area contributed by atoms with Gasteiger partial charge in [-0.1, -0.05) is 14.4 Å². The fourth-order valence-electron chi connectivity index (χ4n) is 0.616. The molecule has 0 radical (unpaired) electrons. The van der Waals surface area contributed by atoms with E-state index in [9.17, 15) is 4.79 Å². The van der Waals surface area contributed by atoms with E-state index in [0.717, 1.165) is 12.1 Å². The lowest BCUT2D eigenvalue weighted by Gasteiger charge is -1.81. The van der Waals surface area contributed by atoms with Gasteiger partial charge in [-0.15, -0.1) is 0 Å². The third kappa shape index (κ3) is 1.69. The highest BCUT2D eigenvalue weighted by Gasteiger charge is 1.93. The van der Waals surface area contributed by atoms with Crippen LogP contribution in [0.25, 0.3) is 0 Å². The number of imidazole rings is 1. The van der Waals surface area contributed by atoms with Crippen LogP contribution < -0.4 is 0 Å². The molecule has 56 valence electrons. The first-order chi connectivity index (χ1) is 4.36. The number of hydrogen-bond acceptors (Lipinski definition) is 2. The standard InChI is InChI=1S/C6H8N2O.CH4/c1-2-5-3-7-6(4-9)8-5;/h3-4H,2H2,1H3,(H,7,8);1H4. The Bertz CT molecular complexity index is 205. The second-order valence-electron chi connectivity index (χ2n) is 1.77. The van der Waals surface area contributed by atoms with Gasteiger partial charge in [-0.25, -0.2) is 4.98 Å². The van der Waals surface area contributed by atoms with Gasteiger partial charge in [0.05, 0.1) is 0 Å². The van der Waals surface area contributed by atoms with Crippen molar-refractivity contribution in [1.29, 1.82) is 0 Å². The first-order valence-electron chi connectivity index (χ1n) is 2.86. The number of nitrogens with zero attached hydrogens (tertiary/aromatic N) is 1. The summed E-state index contributed by atoms with van der Waals surface area (Å²) in [5, 5.41) is 0. The molecule has 3 nitrogen and oxygen atoms in total. The van der Waals surface area contributed by atoms with Crippen LogP contribution in [0.4, 0.5) is 0 Å². The minimum atomic E-state index is 0. The average molecular weight is 140 g/mol. The molecule has 1 aromatic rings. The number of H-pyrrole nitrogens is 1. The maximum atomic E-state index is 10.0. The van der Waals surface area contributed by atoms with Crippen molar-refractivity contribution in [1.82, 2.24) is 9.97 Å². The maximum Gasteiger partial charge on any atom is 0.185 e. The molecule has 0 aliphatic carbocycles. The number of carbonyl (C=O) groups is 1. The predicted octanol–water partition coefficient (Wildman–Crippen LogP) is 1.42. The zero-order chi connectivity index (χ0) is 6.69. The van der Waals surface area contributed by atoms with Crippen LogP contribution in [-0.4, -0.2) is 16.3 Å². The number of aromatic amines is 1. The molecular weight excluding hydrogens is 128 g/mol. The molecule has 0 atom stereocenters. The Labute approximate surface area is 60.5 Å². The van der Waals surface area contributed by atoms with Gasteiger partial charge in [0.2, 0.25) is 0 Å². The first kappa shape index (κ1) is 8.88. The van der Waals surface area contributed by atoms with E-state index in [4.69, 9.17) is 0 Å². The van der Waals surface area contributed by atoms with Gasteiger partial charge in [-0.05, 0) is 6.42 Å². The summed E-state index contributed by atoms with van der Waals surface area (Å²) in [7, 11) is 0. The van der Waals surface area contributed by atoms with Crippen molar-refractivity contribution in [3.05, 3.63) is 17.7 Å².